The highest BCUT2D eigenvalue weighted by Crippen LogP contribution is 2.24. The molecule has 0 bridgehead atoms. The molecule has 0 radical (unpaired) electrons. The summed E-state index contributed by atoms with van der Waals surface area (Å²) < 4.78 is 8.83. The van der Waals surface area contributed by atoms with Crippen molar-refractivity contribution in [2.75, 3.05) is 0 Å². The van der Waals surface area contributed by atoms with E-state index >= 15 is 0 Å². The van der Waals surface area contributed by atoms with Gasteiger partial charge in [0.1, 0.15) is 12.4 Å². The summed E-state index contributed by atoms with van der Waals surface area (Å²) in [6.45, 7) is 0.269. The Hall–Kier alpha value is -3.38. The lowest BCUT2D eigenvalue weighted by atomic mass is 10.1. The highest BCUT2D eigenvalue weighted by atomic mass is 16.5. The van der Waals surface area contributed by atoms with Crippen LogP contribution in [0.3, 0.4) is 0 Å². The number of hydrogen-bond donors (Lipinski definition) is 1. The molecule has 6 nitrogen and oxygen atoms in total. The maximum absolute atomic E-state index is 12.5. The third-order valence-electron chi connectivity index (χ3n) is 4.40. The molecule has 0 atom stereocenters. The van der Waals surface area contributed by atoms with Crippen LogP contribution in [0.25, 0.3) is 16.8 Å². The Morgan fingerprint density at radius 2 is 1.78 bits per heavy atom. The zero-order valence-corrected chi connectivity index (χ0v) is 14.9. The minimum atomic E-state index is -0.167. The number of aliphatic hydroxyl groups excluding tert-OH is 1. The molecule has 2 aromatic carbocycles. The van der Waals surface area contributed by atoms with E-state index in [9.17, 15) is 9.90 Å². The summed E-state index contributed by atoms with van der Waals surface area (Å²) in [5.41, 5.74) is 3.69. The number of nitrogens with zero attached hydrogens (tertiary/aromatic N) is 3. The number of aromatic nitrogens is 3. The van der Waals surface area contributed by atoms with Crippen LogP contribution in [0.2, 0.25) is 0 Å². The molecular weight excluding hydrogens is 342 g/mol. The molecule has 27 heavy (non-hydrogen) atoms. The Morgan fingerprint density at radius 1 is 1.04 bits per heavy atom. The molecule has 0 fully saturated rings. The molecule has 4 rings (SSSR count). The van der Waals surface area contributed by atoms with Crippen molar-refractivity contribution in [1.82, 2.24) is 14.0 Å². The molecule has 0 unspecified atom stereocenters. The van der Waals surface area contributed by atoms with Gasteiger partial charge < -0.3 is 14.4 Å². The molecule has 0 aliphatic rings. The minimum absolute atomic E-state index is 0.00663. The van der Waals surface area contributed by atoms with Crippen molar-refractivity contribution < 1.29 is 9.84 Å². The Balaban J connectivity index is 1.74. The molecule has 0 aliphatic carbocycles. The Labute approximate surface area is 155 Å². The first-order valence-corrected chi connectivity index (χ1v) is 8.61. The van der Waals surface area contributed by atoms with Gasteiger partial charge in [-0.2, -0.15) is 0 Å². The number of para-hydroxylation sites is 1. The summed E-state index contributed by atoms with van der Waals surface area (Å²) in [5, 5.41) is 9.23. The first kappa shape index (κ1) is 17.1. The van der Waals surface area contributed by atoms with E-state index in [0.717, 1.165) is 22.4 Å². The Kier molecular flexibility index (Phi) is 4.48. The van der Waals surface area contributed by atoms with Crippen molar-refractivity contribution in [3.8, 4) is 16.9 Å². The van der Waals surface area contributed by atoms with Crippen LogP contribution in [0.4, 0.5) is 0 Å². The molecule has 6 heteroatoms. The van der Waals surface area contributed by atoms with Gasteiger partial charge in [-0.15, -0.1) is 0 Å². The van der Waals surface area contributed by atoms with Crippen molar-refractivity contribution >= 4 is 5.65 Å². The Morgan fingerprint density at radius 3 is 2.48 bits per heavy atom. The molecule has 0 saturated heterocycles. The van der Waals surface area contributed by atoms with Crippen molar-refractivity contribution in [2.45, 2.75) is 13.2 Å². The molecule has 0 spiro atoms. The van der Waals surface area contributed by atoms with E-state index < -0.39 is 0 Å². The van der Waals surface area contributed by atoms with Crippen LogP contribution >= 0.6 is 0 Å². The monoisotopic (exact) mass is 361 g/mol. The summed E-state index contributed by atoms with van der Waals surface area (Å²) in [5.74, 6) is 0.752. The minimum Gasteiger partial charge on any atom is -0.487 e. The average molecular weight is 361 g/mol. The van der Waals surface area contributed by atoms with Crippen molar-refractivity contribution in [1.29, 1.82) is 0 Å². The summed E-state index contributed by atoms with van der Waals surface area (Å²) >= 11 is 0. The maximum atomic E-state index is 12.5. The highest BCUT2D eigenvalue weighted by Gasteiger charge is 2.13. The van der Waals surface area contributed by atoms with E-state index in [1.54, 1.807) is 23.8 Å². The first-order valence-electron chi connectivity index (χ1n) is 8.61. The second kappa shape index (κ2) is 7.09. The average Bonchev–Trinajstić information content (AvgIpc) is 3.15. The number of rotatable bonds is 5. The molecule has 136 valence electrons. The number of ether oxygens (including phenoxy) is 1. The maximum Gasteiger partial charge on any atom is 0.333 e. The Bertz CT molecular complexity index is 1130. The van der Waals surface area contributed by atoms with Crippen LogP contribution in [0.15, 0.2) is 71.8 Å². The number of aliphatic hydroxyl groups is 1. The number of fused-ring (bicyclic) bond motifs is 1. The van der Waals surface area contributed by atoms with Crippen LogP contribution in [0, 0.1) is 0 Å². The summed E-state index contributed by atoms with van der Waals surface area (Å²) in [4.78, 5) is 17.1. The van der Waals surface area contributed by atoms with Gasteiger partial charge in [-0.25, -0.2) is 9.78 Å². The third-order valence-corrected chi connectivity index (χ3v) is 4.40. The van der Waals surface area contributed by atoms with Gasteiger partial charge in [-0.3, -0.25) is 4.40 Å². The summed E-state index contributed by atoms with van der Waals surface area (Å²) in [6.07, 6.45) is 3.49. The number of aryl methyl sites for hydroxylation is 1. The topological polar surface area (TPSA) is 68.8 Å². The zero-order valence-electron chi connectivity index (χ0n) is 14.9. The second-order valence-corrected chi connectivity index (χ2v) is 6.32. The van der Waals surface area contributed by atoms with E-state index in [4.69, 9.17) is 4.74 Å². The lowest BCUT2D eigenvalue weighted by Crippen LogP contribution is -2.23. The van der Waals surface area contributed by atoms with Gasteiger partial charge in [-0.05, 0) is 23.3 Å². The third kappa shape index (κ3) is 3.35. The number of imidazole rings is 1. The predicted octanol–water partition coefficient (Wildman–Crippen LogP) is 2.77. The highest BCUT2D eigenvalue weighted by molar-refractivity contribution is 5.77. The fourth-order valence-electron chi connectivity index (χ4n) is 2.98. The van der Waals surface area contributed by atoms with Crippen molar-refractivity contribution in [3.63, 3.8) is 0 Å². The van der Waals surface area contributed by atoms with Crippen LogP contribution in [0.5, 0.6) is 5.75 Å². The zero-order chi connectivity index (χ0) is 18.8. The lowest BCUT2D eigenvalue weighted by Gasteiger charge is -2.07. The van der Waals surface area contributed by atoms with Crippen molar-refractivity contribution in [3.05, 3.63) is 88.7 Å². The fraction of sp³-hybridized carbons (Fsp3) is 0.143. The standard InChI is InChI=1S/C21H19N3O3/c1-23-12-19(16-9-7-15(13-25)8-10-16)20-22-17(11-24(20)21(23)26)14-27-18-5-3-2-4-6-18/h2-12,25H,13-14H2,1H3. The molecular formula is C21H19N3O3. The lowest BCUT2D eigenvalue weighted by molar-refractivity contribution is 0.282. The fourth-order valence-corrected chi connectivity index (χ4v) is 2.98. The van der Waals surface area contributed by atoms with Crippen molar-refractivity contribution in [2.24, 2.45) is 7.05 Å². The van der Waals surface area contributed by atoms with Gasteiger partial charge >= 0.3 is 5.69 Å². The predicted molar refractivity (Wildman–Crippen MR) is 103 cm³/mol. The molecule has 4 aromatic rings. The van der Waals surface area contributed by atoms with E-state index in [1.807, 2.05) is 54.6 Å². The molecule has 2 aromatic heterocycles. The summed E-state index contributed by atoms with van der Waals surface area (Å²) in [7, 11) is 1.72. The quantitative estimate of drug-likeness (QED) is 0.593. The van der Waals surface area contributed by atoms with Crippen LogP contribution in [0.1, 0.15) is 11.3 Å². The van der Waals surface area contributed by atoms with E-state index in [-0.39, 0.29) is 18.9 Å². The number of benzene rings is 2. The van der Waals surface area contributed by atoms with Gasteiger partial charge in [0.2, 0.25) is 0 Å². The molecule has 0 aliphatic heterocycles. The molecule has 0 amide bonds. The van der Waals surface area contributed by atoms with Crippen LogP contribution < -0.4 is 10.4 Å². The van der Waals surface area contributed by atoms with Gasteiger partial charge in [-0.1, -0.05) is 42.5 Å². The first-order chi connectivity index (χ1) is 13.2. The van der Waals surface area contributed by atoms with Gasteiger partial charge in [0.25, 0.3) is 0 Å². The van der Waals surface area contributed by atoms with E-state index in [1.165, 1.54) is 4.57 Å². The molecule has 1 N–H and O–H groups in total. The van der Waals surface area contributed by atoms with E-state index in [2.05, 4.69) is 4.98 Å². The van der Waals surface area contributed by atoms with Crippen LogP contribution in [-0.2, 0) is 20.3 Å². The van der Waals surface area contributed by atoms with Crippen LogP contribution in [-0.4, -0.2) is 19.1 Å². The summed E-state index contributed by atoms with van der Waals surface area (Å²) in [6, 6.07) is 17.0. The van der Waals surface area contributed by atoms with Gasteiger partial charge in [0.15, 0.2) is 5.65 Å². The van der Waals surface area contributed by atoms with E-state index in [0.29, 0.717) is 11.3 Å². The van der Waals surface area contributed by atoms with Gasteiger partial charge in [0.05, 0.1) is 12.3 Å². The second-order valence-electron chi connectivity index (χ2n) is 6.32. The molecule has 0 saturated carbocycles. The smallest absolute Gasteiger partial charge is 0.333 e. The SMILES string of the molecule is Cn1cc(-c2ccc(CO)cc2)c2nc(COc3ccccc3)cn2c1=O. The molecule has 2 heterocycles. The largest absolute Gasteiger partial charge is 0.487 e. The number of hydrogen-bond acceptors (Lipinski definition) is 4. The van der Waals surface area contributed by atoms with Gasteiger partial charge in [0, 0.05) is 25.0 Å². The normalized spacial score (nSPS) is 11.0.